The molecule has 8 heteroatoms. The third-order valence-corrected chi connectivity index (χ3v) is 6.46. The molecule has 1 aromatic heterocycles. The second kappa shape index (κ2) is 10.4. The number of hydrogen-bond acceptors (Lipinski definition) is 6. The lowest BCUT2D eigenvalue weighted by atomic mass is 9.93. The highest BCUT2D eigenvalue weighted by Crippen LogP contribution is 2.41. The normalized spacial score (nSPS) is 16.2. The van der Waals surface area contributed by atoms with Gasteiger partial charge in [-0.2, -0.15) is 0 Å². The van der Waals surface area contributed by atoms with Gasteiger partial charge in [0.05, 0.1) is 31.4 Å². The van der Waals surface area contributed by atoms with Gasteiger partial charge in [0.15, 0.2) is 22.9 Å². The number of carbonyl (C=O) groups is 2. The fourth-order valence-corrected chi connectivity index (χ4v) is 4.61. The van der Waals surface area contributed by atoms with Gasteiger partial charge < -0.3 is 23.9 Å². The van der Waals surface area contributed by atoms with Crippen molar-refractivity contribution in [3.8, 4) is 5.75 Å². The zero-order valence-corrected chi connectivity index (χ0v) is 21.8. The lowest BCUT2D eigenvalue weighted by molar-refractivity contribution is -0.130. The number of methoxy groups -OCH3 is 1. The Balaban J connectivity index is 1.77. The Hall–Kier alpha value is -3.29. The van der Waals surface area contributed by atoms with Crippen LogP contribution in [0.1, 0.15) is 61.3 Å². The SMILES string of the molecule is COc1cc(Cl)cc2cc(C(=O)C3=C(O)C(=O)N(CCOC(C)C)C3c3ccc(C(C)C)cc3)oc12. The molecule has 1 aliphatic rings. The summed E-state index contributed by atoms with van der Waals surface area (Å²) in [7, 11) is 1.48. The Bertz CT molecular complexity index is 1320. The monoisotopic (exact) mass is 511 g/mol. The maximum Gasteiger partial charge on any atom is 0.290 e. The highest BCUT2D eigenvalue weighted by atomic mass is 35.5. The van der Waals surface area contributed by atoms with Gasteiger partial charge in [0, 0.05) is 23.0 Å². The van der Waals surface area contributed by atoms with Crippen LogP contribution in [0.2, 0.25) is 5.02 Å². The van der Waals surface area contributed by atoms with Gasteiger partial charge >= 0.3 is 0 Å². The first-order valence-electron chi connectivity index (χ1n) is 11.9. The minimum absolute atomic E-state index is 0.0218. The number of halogens is 1. The molecule has 0 aliphatic carbocycles. The number of Topliss-reactive ketones (excluding diaryl/α,β-unsaturated/α-hetero) is 1. The first-order valence-corrected chi connectivity index (χ1v) is 12.3. The number of carbonyl (C=O) groups excluding carboxylic acids is 2. The molecule has 1 atom stereocenters. The summed E-state index contributed by atoms with van der Waals surface area (Å²) in [5.41, 5.74) is 2.15. The lowest BCUT2D eigenvalue weighted by Crippen LogP contribution is -2.34. The fourth-order valence-electron chi connectivity index (χ4n) is 4.39. The van der Waals surface area contributed by atoms with Crippen LogP contribution >= 0.6 is 11.6 Å². The summed E-state index contributed by atoms with van der Waals surface area (Å²) in [6.45, 7) is 8.46. The summed E-state index contributed by atoms with van der Waals surface area (Å²) in [5, 5.41) is 11.9. The molecule has 2 aromatic carbocycles. The molecule has 1 unspecified atom stereocenters. The van der Waals surface area contributed by atoms with Crippen LogP contribution < -0.4 is 4.74 Å². The first kappa shape index (κ1) is 25.8. The zero-order valence-electron chi connectivity index (χ0n) is 21.0. The summed E-state index contributed by atoms with van der Waals surface area (Å²) < 4.78 is 16.8. The van der Waals surface area contributed by atoms with Crippen molar-refractivity contribution in [3.05, 3.63) is 75.7 Å². The standard InChI is InChI=1S/C28H30ClNO6/c1-15(2)17-6-8-18(9-7-17)24-23(26(32)28(33)30(24)10-11-35-16(3)4)25(31)21-13-19-12-20(29)14-22(34-5)27(19)36-21/h6-9,12-16,24,32H,10-11H2,1-5H3. The van der Waals surface area contributed by atoms with Gasteiger partial charge in [-0.1, -0.05) is 49.7 Å². The average Bonchev–Trinajstić information content (AvgIpc) is 3.37. The number of aliphatic hydroxyl groups is 1. The molecule has 1 aliphatic heterocycles. The minimum Gasteiger partial charge on any atom is -0.503 e. The van der Waals surface area contributed by atoms with Gasteiger partial charge in [0.1, 0.15) is 0 Å². The summed E-state index contributed by atoms with van der Waals surface area (Å²) in [5.74, 6) is -1.12. The van der Waals surface area contributed by atoms with Crippen molar-refractivity contribution in [2.24, 2.45) is 0 Å². The molecule has 0 bridgehead atoms. The van der Waals surface area contributed by atoms with Crippen LogP contribution in [0.25, 0.3) is 11.0 Å². The van der Waals surface area contributed by atoms with Crippen LogP contribution in [0.15, 0.2) is 58.2 Å². The number of nitrogens with zero attached hydrogens (tertiary/aromatic N) is 1. The Morgan fingerprint density at radius 3 is 2.44 bits per heavy atom. The van der Waals surface area contributed by atoms with E-state index < -0.39 is 23.5 Å². The molecule has 2 heterocycles. The van der Waals surface area contributed by atoms with Gasteiger partial charge in [-0.3, -0.25) is 9.59 Å². The maximum atomic E-state index is 13.7. The quantitative estimate of drug-likeness (QED) is 0.343. The lowest BCUT2D eigenvalue weighted by Gasteiger charge is -2.27. The van der Waals surface area contributed by atoms with Gasteiger partial charge in [0.2, 0.25) is 5.78 Å². The molecule has 3 aromatic rings. The van der Waals surface area contributed by atoms with E-state index in [2.05, 4.69) is 13.8 Å². The smallest absolute Gasteiger partial charge is 0.290 e. The molecule has 0 radical (unpaired) electrons. The van der Waals surface area contributed by atoms with Crippen LogP contribution in [-0.4, -0.2) is 48.1 Å². The van der Waals surface area contributed by atoms with E-state index in [0.29, 0.717) is 33.2 Å². The number of benzene rings is 2. The fraction of sp³-hybridized carbons (Fsp3) is 0.357. The Morgan fingerprint density at radius 1 is 1.14 bits per heavy atom. The van der Waals surface area contributed by atoms with E-state index in [0.717, 1.165) is 5.56 Å². The third kappa shape index (κ3) is 4.86. The first-order chi connectivity index (χ1) is 17.1. The third-order valence-electron chi connectivity index (χ3n) is 6.24. The molecule has 0 spiro atoms. The van der Waals surface area contributed by atoms with E-state index in [1.165, 1.54) is 12.0 Å². The highest BCUT2D eigenvalue weighted by Gasteiger charge is 2.44. The molecule has 1 amide bonds. The number of rotatable bonds is 9. The molecule has 36 heavy (non-hydrogen) atoms. The predicted octanol–water partition coefficient (Wildman–Crippen LogP) is 6.22. The van der Waals surface area contributed by atoms with Crippen molar-refractivity contribution in [1.29, 1.82) is 0 Å². The zero-order chi connectivity index (χ0) is 26.1. The Kier molecular flexibility index (Phi) is 7.43. The molecule has 7 nitrogen and oxygen atoms in total. The topological polar surface area (TPSA) is 89.2 Å². The van der Waals surface area contributed by atoms with E-state index in [1.807, 2.05) is 38.1 Å². The number of furan rings is 1. The summed E-state index contributed by atoms with van der Waals surface area (Å²) in [6.07, 6.45) is -0.0218. The second-order valence-corrected chi connectivity index (χ2v) is 9.81. The van der Waals surface area contributed by atoms with Crippen LogP contribution in [0, 0.1) is 0 Å². The highest BCUT2D eigenvalue weighted by molar-refractivity contribution is 6.31. The number of aliphatic hydroxyl groups excluding tert-OH is 1. The molecule has 190 valence electrons. The number of hydrogen-bond donors (Lipinski definition) is 1. The van der Waals surface area contributed by atoms with Crippen molar-refractivity contribution in [2.75, 3.05) is 20.3 Å². The van der Waals surface area contributed by atoms with E-state index in [-0.39, 0.29) is 30.6 Å². The summed E-state index contributed by atoms with van der Waals surface area (Å²) in [4.78, 5) is 28.4. The van der Waals surface area contributed by atoms with Gasteiger partial charge in [-0.15, -0.1) is 0 Å². The Morgan fingerprint density at radius 2 is 1.83 bits per heavy atom. The number of ether oxygens (including phenoxy) is 2. The van der Waals surface area contributed by atoms with E-state index >= 15 is 0 Å². The van der Waals surface area contributed by atoms with Crippen molar-refractivity contribution in [1.82, 2.24) is 4.90 Å². The molecule has 0 saturated heterocycles. The number of fused-ring (bicyclic) bond motifs is 1. The molecule has 1 N–H and O–H groups in total. The van der Waals surface area contributed by atoms with E-state index in [9.17, 15) is 14.7 Å². The van der Waals surface area contributed by atoms with E-state index in [4.69, 9.17) is 25.5 Å². The molecule has 0 fully saturated rings. The molecule has 4 rings (SSSR count). The summed E-state index contributed by atoms with van der Waals surface area (Å²) >= 11 is 6.17. The van der Waals surface area contributed by atoms with Gasteiger partial charge in [0.25, 0.3) is 5.91 Å². The average molecular weight is 512 g/mol. The maximum absolute atomic E-state index is 13.7. The largest absolute Gasteiger partial charge is 0.503 e. The predicted molar refractivity (Wildman–Crippen MR) is 138 cm³/mol. The van der Waals surface area contributed by atoms with Crippen molar-refractivity contribution < 1.29 is 28.6 Å². The van der Waals surface area contributed by atoms with Crippen LogP contribution in [0.5, 0.6) is 5.75 Å². The summed E-state index contributed by atoms with van der Waals surface area (Å²) in [6, 6.07) is 11.7. The van der Waals surface area contributed by atoms with Crippen molar-refractivity contribution >= 4 is 34.3 Å². The van der Waals surface area contributed by atoms with Crippen molar-refractivity contribution in [3.63, 3.8) is 0 Å². The van der Waals surface area contributed by atoms with E-state index in [1.54, 1.807) is 18.2 Å². The second-order valence-electron chi connectivity index (χ2n) is 9.37. The molecular weight excluding hydrogens is 482 g/mol. The Labute approximate surface area is 215 Å². The van der Waals surface area contributed by atoms with Crippen molar-refractivity contribution in [2.45, 2.75) is 45.8 Å². The van der Waals surface area contributed by atoms with Crippen LogP contribution in [0.3, 0.4) is 0 Å². The van der Waals surface area contributed by atoms with Gasteiger partial charge in [-0.05, 0) is 43.0 Å². The van der Waals surface area contributed by atoms with Crippen LogP contribution in [0.4, 0.5) is 0 Å². The van der Waals surface area contributed by atoms with Crippen LogP contribution in [-0.2, 0) is 9.53 Å². The molecular formula is C28H30ClNO6. The molecule has 0 saturated carbocycles. The minimum atomic E-state index is -0.791. The number of ketones is 1. The van der Waals surface area contributed by atoms with Gasteiger partial charge in [-0.25, -0.2) is 0 Å². The number of amides is 1.